The van der Waals surface area contributed by atoms with Gasteiger partial charge < -0.3 is 10.6 Å². The van der Waals surface area contributed by atoms with Crippen LogP contribution in [-0.4, -0.2) is 36.0 Å². The zero-order valence-corrected chi connectivity index (χ0v) is 13.2. The van der Waals surface area contributed by atoms with Crippen molar-refractivity contribution in [2.24, 2.45) is 0 Å². The van der Waals surface area contributed by atoms with E-state index >= 15 is 0 Å². The molecule has 0 saturated carbocycles. The van der Waals surface area contributed by atoms with Crippen molar-refractivity contribution in [1.82, 2.24) is 15.5 Å². The number of amides is 3. The molecule has 0 aromatic heterocycles. The highest BCUT2D eigenvalue weighted by Gasteiger charge is 2.53. The summed E-state index contributed by atoms with van der Waals surface area (Å²) >= 11 is 0. The summed E-state index contributed by atoms with van der Waals surface area (Å²) in [5.74, 6) is -0.101. The van der Waals surface area contributed by atoms with E-state index in [1.807, 2.05) is 38.1 Å². The highest BCUT2D eigenvalue weighted by Crippen LogP contribution is 2.34. The minimum Gasteiger partial charge on any atom is -0.319 e. The van der Waals surface area contributed by atoms with Gasteiger partial charge in [0.2, 0.25) is 0 Å². The van der Waals surface area contributed by atoms with Gasteiger partial charge in [-0.3, -0.25) is 9.69 Å². The maximum atomic E-state index is 13.1. The van der Waals surface area contributed by atoms with E-state index in [2.05, 4.69) is 10.6 Å². The molecule has 3 rings (SSSR count). The van der Waals surface area contributed by atoms with Gasteiger partial charge in [-0.2, -0.15) is 0 Å². The lowest BCUT2D eigenvalue weighted by molar-refractivity contribution is -0.133. The molecule has 118 valence electrons. The molecule has 1 atom stereocenters. The third kappa shape index (κ3) is 2.29. The second-order valence-electron chi connectivity index (χ2n) is 6.21. The number of nitrogens with zero attached hydrogens (tertiary/aromatic N) is 1. The standard InChI is InChI=1S/C17H23N3O2/c1-3-17(13-6-4-12(2)5-7-13)15(21)20(16(22)19-17)14-8-10-18-11-9-14/h4-7,14,18H,3,8-11H2,1-2H3,(H,19,22). The first-order chi connectivity index (χ1) is 10.6. The molecule has 2 aliphatic rings. The number of rotatable bonds is 3. The minimum atomic E-state index is -0.907. The molecule has 1 aromatic rings. The monoisotopic (exact) mass is 301 g/mol. The van der Waals surface area contributed by atoms with Crippen LogP contribution in [0.15, 0.2) is 24.3 Å². The number of urea groups is 1. The van der Waals surface area contributed by atoms with Crippen LogP contribution in [0.1, 0.15) is 37.3 Å². The number of carbonyl (C=O) groups is 2. The molecule has 0 bridgehead atoms. The lowest BCUT2D eigenvalue weighted by atomic mass is 9.86. The highest BCUT2D eigenvalue weighted by atomic mass is 16.2. The average molecular weight is 301 g/mol. The number of hydrogen-bond donors (Lipinski definition) is 2. The number of carbonyl (C=O) groups excluding carboxylic acids is 2. The number of benzene rings is 1. The quantitative estimate of drug-likeness (QED) is 0.838. The highest BCUT2D eigenvalue weighted by molar-refractivity contribution is 6.07. The summed E-state index contributed by atoms with van der Waals surface area (Å²) < 4.78 is 0. The summed E-state index contributed by atoms with van der Waals surface area (Å²) in [6, 6.07) is 7.62. The predicted molar refractivity (Wildman–Crippen MR) is 84.4 cm³/mol. The van der Waals surface area contributed by atoms with Crippen molar-refractivity contribution < 1.29 is 9.59 Å². The van der Waals surface area contributed by atoms with Gasteiger partial charge in [0.05, 0.1) is 0 Å². The Morgan fingerprint density at radius 3 is 2.41 bits per heavy atom. The van der Waals surface area contributed by atoms with E-state index in [-0.39, 0.29) is 18.0 Å². The number of aryl methyl sites for hydroxylation is 1. The van der Waals surface area contributed by atoms with Gasteiger partial charge in [-0.05, 0) is 44.8 Å². The molecule has 2 N–H and O–H groups in total. The second-order valence-corrected chi connectivity index (χ2v) is 6.21. The Balaban J connectivity index is 1.94. The number of nitrogens with one attached hydrogen (secondary N) is 2. The second kappa shape index (κ2) is 5.72. The molecule has 0 aliphatic carbocycles. The Kier molecular flexibility index (Phi) is 3.91. The van der Waals surface area contributed by atoms with E-state index in [1.165, 1.54) is 4.90 Å². The zero-order chi connectivity index (χ0) is 15.7. The fourth-order valence-corrected chi connectivity index (χ4v) is 3.47. The third-order valence-electron chi connectivity index (χ3n) is 4.87. The van der Waals surface area contributed by atoms with Crippen molar-refractivity contribution in [2.45, 2.75) is 44.7 Å². The molecule has 2 aliphatic heterocycles. The minimum absolute atomic E-state index is 0.00706. The number of imide groups is 1. The van der Waals surface area contributed by atoms with E-state index in [9.17, 15) is 9.59 Å². The van der Waals surface area contributed by atoms with Crippen molar-refractivity contribution in [2.75, 3.05) is 13.1 Å². The molecule has 2 heterocycles. The Labute approximate surface area is 131 Å². The third-order valence-corrected chi connectivity index (χ3v) is 4.87. The van der Waals surface area contributed by atoms with Crippen LogP contribution in [0.3, 0.4) is 0 Å². The fraction of sp³-hybridized carbons (Fsp3) is 0.529. The van der Waals surface area contributed by atoms with Gasteiger partial charge in [0.25, 0.3) is 5.91 Å². The maximum absolute atomic E-state index is 13.1. The molecule has 1 unspecified atom stereocenters. The van der Waals surface area contributed by atoms with Crippen LogP contribution < -0.4 is 10.6 Å². The summed E-state index contributed by atoms with van der Waals surface area (Å²) in [7, 11) is 0. The molecule has 3 amide bonds. The largest absolute Gasteiger partial charge is 0.325 e. The topological polar surface area (TPSA) is 61.4 Å². The number of piperidine rings is 1. The molecule has 0 radical (unpaired) electrons. The average Bonchev–Trinajstić information content (AvgIpc) is 2.80. The first-order valence-corrected chi connectivity index (χ1v) is 8.02. The van der Waals surface area contributed by atoms with E-state index in [0.29, 0.717) is 6.42 Å². The summed E-state index contributed by atoms with van der Waals surface area (Å²) in [5.41, 5.74) is 1.10. The van der Waals surface area contributed by atoms with Gasteiger partial charge in [-0.25, -0.2) is 4.79 Å². The Morgan fingerprint density at radius 1 is 1.18 bits per heavy atom. The van der Waals surface area contributed by atoms with E-state index in [4.69, 9.17) is 0 Å². The smallest absolute Gasteiger partial charge is 0.319 e. The van der Waals surface area contributed by atoms with Crippen molar-refractivity contribution in [3.63, 3.8) is 0 Å². The molecule has 22 heavy (non-hydrogen) atoms. The van der Waals surface area contributed by atoms with E-state index in [0.717, 1.165) is 37.1 Å². The van der Waals surface area contributed by atoms with Gasteiger partial charge in [0.1, 0.15) is 5.54 Å². The number of hydrogen-bond acceptors (Lipinski definition) is 3. The molecule has 0 spiro atoms. The van der Waals surface area contributed by atoms with Crippen molar-refractivity contribution in [1.29, 1.82) is 0 Å². The Hall–Kier alpha value is -1.88. The SMILES string of the molecule is CCC1(c2ccc(C)cc2)NC(=O)N(C2CCNCC2)C1=O. The van der Waals surface area contributed by atoms with Crippen molar-refractivity contribution in [3.8, 4) is 0 Å². The zero-order valence-electron chi connectivity index (χ0n) is 13.2. The van der Waals surface area contributed by atoms with Gasteiger partial charge in [-0.15, -0.1) is 0 Å². The van der Waals surface area contributed by atoms with Crippen LogP contribution in [0.25, 0.3) is 0 Å². The molecule has 2 fully saturated rings. The molecule has 2 saturated heterocycles. The van der Waals surface area contributed by atoms with Crippen LogP contribution in [0.5, 0.6) is 0 Å². The molecule has 5 nitrogen and oxygen atoms in total. The lowest BCUT2D eigenvalue weighted by Gasteiger charge is -2.31. The summed E-state index contributed by atoms with van der Waals surface area (Å²) in [6.07, 6.45) is 2.21. The predicted octanol–water partition coefficient (Wildman–Crippen LogP) is 1.90. The van der Waals surface area contributed by atoms with Crippen LogP contribution in [-0.2, 0) is 10.3 Å². The summed E-state index contributed by atoms with van der Waals surface area (Å²) in [5, 5.41) is 6.24. The van der Waals surface area contributed by atoms with Gasteiger partial charge >= 0.3 is 6.03 Å². The van der Waals surface area contributed by atoms with Crippen LogP contribution >= 0.6 is 0 Å². The summed E-state index contributed by atoms with van der Waals surface area (Å²) in [4.78, 5) is 27.0. The van der Waals surface area contributed by atoms with E-state index < -0.39 is 5.54 Å². The van der Waals surface area contributed by atoms with Crippen LogP contribution in [0.2, 0.25) is 0 Å². The molecule has 1 aromatic carbocycles. The molecular formula is C17H23N3O2. The van der Waals surface area contributed by atoms with Gasteiger partial charge in [0, 0.05) is 6.04 Å². The first kappa shape index (κ1) is 15.0. The Morgan fingerprint density at radius 2 is 1.82 bits per heavy atom. The Bertz CT molecular complexity index is 578. The first-order valence-electron chi connectivity index (χ1n) is 8.02. The van der Waals surface area contributed by atoms with Crippen molar-refractivity contribution in [3.05, 3.63) is 35.4 Å². The molecular weight excluding hydrogens is 278 g/mol. The normalized spacial score (nSPS) is 26.4. The maximum Gasteiger partial charge on any atom is 0.325 e. The van der Waals surface area contributed by atoms with Crippen LogP contribution in [0, 0.1) is 6.92 Å². The van der Waals surface area contributed by atoms with Crippen LogP contribution in [0.4, 0.5) is 4.79 Å². The summed E-state index contributed by atoms with van der Waals surface area (Å²) in [6.45, 7) is 5.67. The molecule has 5 heteroatoms. The van der Waals surface area contributed by atoms with E-state index in [1.54, 1.807) is 0 Å². The van der Waals surface area contributed by atoms with Crippen molar-refractivity contribution >= 4 is 11.9 Å². The van der Waals surface area contributed by atoms with Gasteiger partial charge in [-0.1, -0.05) is 36.8 Å². The lowest BCUT2D eigenvalue weighted by Crippen LogP contribution is -2.48. The van der Waals surface area contributed by atoms with Gasteiger partial charge in [0.15, 0.2) is 0 Å². The fourth-order valence-electron chi connectivity index (χ4n) is 3.47.